The highest BCUT2D eigenvalue weighted by molar-refractivity contribution is 7.10. The highest BCUT2D eigenvalue weighted by Crippen LogP contribution is 2.39. The Bertz CT molecular complexity index is 1340. The van der Waals surface area contributed by atoms with Gasteiger partial charge in [-0.2, -0.15) is 13.2 Å². The molecule has 1 saturated heterocycles. The van der Waals surface area contributed by atoms with Gasteiger partial charge >= 0.3 is 6.18 Å². The van der Waals surface area contributed by atoms with Crippen LogP contribution in [0.5, 0.6) is 5.88 Å². The summed E-state index contributed by atoms with van der Waals surface area (Å²) in [7, 11) is 0. The fourth-order valence-electron chi connectivity index (χ4n) is 4.43. The number of hydrogen-bond donors (Lipinski definition) is 0. The minimum Gasteiger partial charge on any atom is -0.467 e. The molecule has 3 aromatic rings. The fourth-order valence-corrected chi connectivity index (χ4v) is 6.07. The molecule has 0 spiro atoms. The second kappa shape index (κ2) is 11.1. The van der Waals surface area contributed by atoms with Crippen LogP contribution in [0.15, 0.2) is 47.1 Å². The molecule has 0 bridgehead atoms. The lowest BCUT2D eigenvalue weighted by atomic mass is 9.97. The minimum atomic E-state index is -4.61. The zero-order valence-electron chi connectivity index (χ0n) is 19.8. The second-order valence-corrected chi connectivity index (χ2v) is 10.5. The predicted molar refractivity (Wildman–Crippen MR) is 137 cm³/mol. The van der Waals surface area contributed by atoms with Crippen LogP contribution in [0.3, 0.4) is 0 Å². The Balaban J connectivity index is 1.14. The van der Waals surface area contributed by atoms with Crippen molar-refractivity contribution in [1.82, 2.24) is 14.9 Å². The van der Waals surface area contributed by atoms with Crippen molar-refractivity contribution in [2.75, 3.05) is 19.7 Å². The number of rotatable bonds is 6. The van der Waals surface area contributed by atoms with Crippen molar-refractivity contribution >= 4 is 46.2 Å². The summed E-state index contributed by atoms with van der Waals surface area (Å²) in [6, 6.07) is 7.33. The van der Waals surface area contributed by atoms with Crippen LogP contribution in [0, 0.1) is 0 Å². The highest BCUT2D eigenvalue weighted by Gasteiger charge is 2.36. The lowest BCUT2D eigenvalue weighted by Crippen LogP contribution is -2.40. The first kappa shape index (κ1) is 26.7. The third-order valence-corrected chi connectivity index (χ3v) is 8.08. The van der Waals surface area contributed by atoms with E-state index in [4.69, 9.17) is 37.8 Å². The molecule has 2 aliphatic rings. The zero-order chi connectivity index (χ0) is 26.9. The summed E-state index contributed by atoms with van der Waals surface area (Å²) in [5.74, 6) is -0.830. The number of carbonyl (C=O) groups excluding carboxylic acids is 1. The first-order chi connectivity index (χ1) is 18.2. The van der Waals surface area contributed by atoms with Crippen molar-refractivity contribution in [3.05, 3.63) is 73.8 Å². The van der Waals surface area contributed by atoms with Crippen LogP contribution in [-0.4, -0.2) is 46.2 Å². The number of benzene rings is 1. The van der Waals surface area contributed by atoms with Crippen molar-refractivity contribution in [3.8, 4) is 5.88 Å². The molecule has 38 heavy (non-hydrogen) atoms. The van der Waals surface area contributed by atoms with E-state index in [0.29, 0.717) is 53.7 Å². The summed E-state index contributed by atoms with van der Waals surface area (Å²) in [4.78, 5) is 28.2. The van der Waals surface area contributed by atoms with Crippen LogP contribution >= 0.6 is 34.5 Å². The number of hydrogen-bond acceptors (Lipinski definition) is 7. The molecule has 200 valence electrons. The van der Waals surface area contributed by atoms with E-state index in [2.05, 4.69) is 10.1 Å². The third kappa shape index (κ3) is 5.74. The molecule has 2 aliphatic heterocycles. The molecular weight excluding hydrogens is 564 g/mol. The molecule has 1 fully saturated rings. The number of nitrogens with zero attached hydrogens (tertiary/aromatic N) is 4. The molecule has 4 heterocycles. The molecule has 1 atom stereocenters. The van der Waals surface area contributed by atoms with E-state index in [0.717, 1.165) is 16.8 Å². The van der Waals surface area contributed by atoms with E-state index in [9.17, 15) is 18.0 Å². The van der Waals surface area contributed by atoms with E-state index in [1.54, 1.807) is 23.1 Å². The minimum absolute atomic E-state index is 0.156. The maximum absolute atomic E-state index is 13.1. The maximum Gasteiger partial charge on any atom is 0.421 e. The number of ether oxygens (including phenoxy) is 1. The topological polar surface area (TPSA) is 76.9 Å². The van der Waals surface area contributed by atoms with Gasteiger partial charge in [-0.1, -0.05) is 34.4 Å². The van der Waals surface area contributed by atoms with Crippen LogP contribution < -0.4 is 4.74 Å². The van der Waals surface area contributed by atoms with Crippen molar-refractivity contribution in [2.45, 2.75) is 37.5 Å². The molecule has 1 amide bonds. The van der Waals surface area contributed by atoms with Crippen LogP contribution in [0.2, 0.25) is 10.0 Å². The first-order valence-electron chi connectivity index (χ1n) is 11.8. The highest BCUT2D eigenvalue weighted by atomic mass is 35.5. The van der Waals surface area contributed by atoms with Gasteiger partial charge in [-0.3, -0.25) is 4.79 Å². The fraction of sp³-hybridized carbons (Fsp3) is 0.360. The molecule has 1 aromatic carbocycles. The number of likely N-dealkylation sites (tertiary alicyclic amines) is 1. The standard InChI is InChI=1S/C25H21Cl2F3N4O3S/c26-16-4-1-5-17(27)22(16)20-11-18(33-37-20)19-13-38-24(32-19)14-6-9-34(10-7-14)21(35)12-36-23-15(25(28,29)30)3-2-8-31-23/h1-5,8,13-14,20H,6-7,9-12H2. The van der Waals surface area contributed by atoms with Gasteiger partial charge in [0.25, 0.3) is 5.91 Å². The Hall–Kier alpha value is -2.89. The summed E-state index contributed by atoms with van der Waals surface area (Å²) in [5.41, 5.74) is 1.14. The van der Waals surface area contributed by atoms with Crippen molar-refractivity contribution < 1.29 is 27.5 Å². The normalized spacial score (nSPS) is 18.3. The van der Waals surface area contributed by atoms with Crippen LogP contribution in [0.4, 0.5) is 13.2 Å². The van der Waals surface area contributed by atoms with Crippen LogP contribution in [-0.2, 0) is 15.8 Å². The molecule has 0 aliphatic carbocycles. The first-order valence-corrected chi connectivity index (χ1v) is 13.4. The summed E-state index contributed by atoms with van der Waals surface area (Å²) in [6.07, 6.45) is -1.96. The lowest BCUT2D eigenvalue weighted by molar-refractivity contribution is -0.141. The molecule has 2 aromatic heterocycles. The number of amides is 1. The Labute approximate surface area is 230 Å². The van der Waals surface area contributed by atoms with Gasteiger partial charge in [0, 0.05) is 52.6 Å². The SMILES string of the molecule is O=C(COc1ncccc1C(F)(F)F)N1CCC(c2nc(C3=NOC(c4c(Cl)cccc4Cl)C3)cs2)CC1. The molecule has 13 heteroatoms. The van der Waals surface area contributed by atoms with Crippen LogP contribution in [0.1, 0.15) is 53.1 Å². The van der Waals surface area contributed by atoms with Gasteiger partial charge in [0.05, 0.1) is 10.7 Å². The van der Waals surface area contributed by atoms with E-state index in [-0.39, 0.29) is 17.9 Å². The second-order valence-electron chi connectivity index (χ2n) is 8.84. The third-order valence-electron chi connectivity index (χ3n) is 6.41. The average molecular weight is 585 g/mol. The average Bonchev–Trinajstić information content (AvgIpc) is 3.57. The molecule has 0 radical (unpaired) electrons. The molecule has 7 nitrogen and oxygen atoms in total. The summed E-state index contributed by atoms with van der Waals surface area (Å²) in [6.45, 7) is 0.392. The van der Waals surface area contributed by atoms with E-state index in [1.165, 1.54) is 23.6 Å². The van der Waals surface area contributed by atoms with E-state index >= 15 is 0 Å². The Morgan fingerprint density at radius 3 is 2.61 bits per heavy atom. The van der Waals surface area contributed by atoms with Gasteiger partial charge in [-0.15, -0.1) is 11.3 Å². The van der Waals surface area contributed by atoms with Crippen molar-refractivity contribution in [3.63, 3.8) is 0 Å². The van der Waals surface area contributed by atoms with Gasteiger partial charge in [0.2, 0.25) is 5.88 Å². The number of piperidine rings is 1. The lowest BCUT2D eigenvalue weighted by Gasteiger charge is -2.31. The Morgan fingerprint density at radius 1 is 1.16 bits per heavy atom. The molecule has 0 saturated carbocycles. The Morgan fingerprint density at radius 2 is 1.89 bits per heavy atom. The van der Waals surface area contributed by atoms with E-state index in [1.807, 2.05) is 5.38 Å². The molecular formula is C25H21Cl2F3N4O3S. The number of aromatic nitrogens is 2. The predicted octanol–water partition coefficient (Wildman–Crippen LogP) is 6.51. The Kier molecular flexibility index (Phi) is 7.78. The summed E-state index contributed by atoms with van der Waals surface area (Å²) < 4.78 is 44.5. The number of alkyl halides is 3. The van der Waals surface area contributed by atoms with Crippen molar-refractivity contribution in [1.29, 1.82) is 0 Å². The number of thiazole rings is 1. The number of pyridine rings is 1. The van der Waals surface area contributed by atoms with E-state index < -0.39 is 24.2 Å². The van der Waals surface area contributed by atoms with Gasteiger partial charge in [0.1, 0.15) is 11.3 Å². The van der Waals surface area contributed by atoms with Gasteiger partial charge in [0.15, 0.2) is 12.7 Å². The smallest absolute Gasteiger partial charge is 0.421 e. The molecule has 1 unspecified atom stereocenters. The zero-order valence-corrected chi connectivity index (χ0v) is 22.1. The van der Waals surface area contributed by atoms with Gasteiger partial charge in [-0.25, -0.2) is 9.97 Å². The van der Waals surface area contributed by atoms with Gasteiger partial charge in [-0.05, 0) is 37.1 Å². The number of halogens is 5. The molecule has 5 rings (SSSR count). The monoisotopic (exact) mass is 584 g/mol. The molecule has 0 N–H and O–H groups in total. The number of carbonyl (C=O) groups is 1. The van der Waals surface area contributed by atoms with Crippen molar-refractivity contribution in [2.24, 2.45) is 5.16 Å². The van der Waals surface area contributed by atoms with Gasteiger partial charge < -0.3 is 14.5 Å². The maximum atomic E-state index is 13.1. The quantitative estimate of drug-likeness (QED) is 0.330. The summed E-state index contributed by atoms with van der Waals surface area (Å²) in [5, 5.41) is 8.12. The largest absolute Gasteiger partial charge is 0.467 e. The summed E-state index contributed by atoms with van der Waals surface area (Å²) >= 11 is 14.1. The number of oxime groups is 1. The van der Waals surface area contributed by atoms with Crippen LogP contribution in [0.25, 0.3) is 0 Å².